The van der Waals surface area contributed by atoms with Crippen LogP contribution in [0.25, 0.3) is 10.2 Å². The molecule has 1 aromatic carbocycles. The Morgan fingerprint density at radius 2 is 2.38 bits per heavy atom. The van der Waals surface area contributed by atoms with E-state index in [1.807, 2.05) is 6.82 Å². The van der Waals surface area contributed by atoms with Crippen molar-refractivity contribution in [1.29, 1.82) is 0 Å². The molecule has 0 saturated heterocycles. The predicted molar refractivity (Wildman–Crippen MR) is 56.2 cm³/mol. The largest absolute Gasteiger partial charge is 0.429 e. The first-order chi connectivity index (χ1) is 6.31. The predicted octanol–water partition coefficient (Wildman–Crippen LogP) is 2.25. The highest BCUT2D eigenvalue weighted by atomic mass is 32.1. The molecule has 1 aromatic heterocycles. The topological polar surface area (TPSA) is 24.9 Å². The van der Waals surface area contributed by atoms with E-state index in [1.54, 1.807) is 11.6 Å². The van der Waals surface area contributed by atoms with E-state index in [1.165, 1.54) is 17.4 Å². The molecular weight excluding hydrogens is 186 g/mol. The van der Waals surface area contributed by atoms with Gasteiger partial charge in [-0.25, -0.2) is 9.37 Å². The second kappa shape index (κ2) is 3.34. The number of hydrogen-bond acceptors (Lipinski definition) is 3. The van der Waals surface area contributed by atoms with Crippen molar-refractivity contribution in [1.82, 2.24) is 4.98 Å². The van der Waals surface area contributed by atoms with E-state index in [4.69, 9.17) is 0 Å². The summed E-state index contributed by atoms with van der Waals surface area (Å²) in [6.07, 6.45) is 0. The smallest absolute Gasteiger partial charge is 0.229 e. The number of nitrogens with one attached hydrogen (secondary N) is 1. The van der Waals surface area contributed by atoms with E-state index in [0.29, 0.717) is 13.1 Å². The fourth-order valence-corrected chi connectivity index (χ4v) is 1.89. The molecule has 0 spiro atoms. The summed E-state index contributed by atoms with van der Waals surface area (Å²) in [5.41, 5.74) is 3.10. The van der Waals surface area contributed by atoms with Crippen molar-refractivity contribution in [2.45, 2.75) is 6.82 Å². The fraction of sp³-hybridized carbons (Fsp3) is 0.125. The molecule has 2 aromatic rings. The minimum atomic E-state index is -0.210. The molecule has 0 aliphatic carbocycles. The maximum Gasteiger partial charge on any atom is 0.229 e. The van der Waals surface area contributed by atoms with Gasteiger partial charge in [-0.05, 0) is 12.1 Å². The van der Waals surface area contributed by atoms with E-state index in [-0.39, 0.29) is 5.82 Å². The number of hydrogen-bond donors (Lipinski definition) is 1. The second-order valence-electron chi connectivity index (χ2n) is 2.68. The van der Waals surface area contributed by atoms with Gasteiger partial charge in [0.2, 0.25) is 7.41 Å². The van der Waals surface area contributed by atoms with Crippen LogP contribution in [0.5, 0.6) is 0 Å². The Hall–Kier alpha value is -1.10. The summed E-state index contributed by atoms with van der Waals surface area (Å²) in [6.45, 7) is 1.94. The zero-order valence-corrected chi connectivity index (χ0v) is 7.99. The molecule has 2 nitrogen and oxygen atoms in total. The van der Waals surface area contributed by atoms with Crippen LogP contribution in [-0.2, 0) is 0 Å². The lowest BCUT2D eigenvalue weighted by Crippen LogP contribution is -2.02. The summed E-state index contributed by atoms with van der Waals surface area (Å²) < 4.78 is 14.2. The van der Waals surface area contributed by atoms with E-state index in [2.05, 4.69) is 10.2 Å². The first-order valence-electron chi connectivity index (χ1n) is 4.08. The highest BCUT2D eigenvalue weighted by Gasteiger charge is 2.04. The van der Waals surface area contributed by atoms with Crippen LogP contribution in [0, 0.1) is 5.82 Å². The van der Waals surface area contributed by atoms with Crippen LogP contribution in [0.1, 0.15) is 0 Å². The van der Waals surface area contributed by atoms with Gasteiger partial charge >= 0.3 is 0 Å². The first kappa shape index (κ1) is 8.50. The van der Waals surface area contributed by atoms with Crippen molar-refractivity contribution >= 4 is 34.7 Å². The number of halogens is 1. The molecular formula is C8H8BFN2S. The Bertz CT molecular complexity index is 429. The first-order valence-corrected chi connectivity index (χ1v) is 4.96. The lowest BCUT2D eigenvalue weighted by atomic mass is 9.99. The van der Waals surface area contributed by atoms with E-state index in [9.17, 15) is 4.39 Å². The molecule has 0 unspecified atom stereocenters. The zero-order valence-electron chi connectivity index (χ0n) is 7.17. The minimum Gasteiger partial charge on any atom is -0.429 e. The number of nitrogens with zero attached hydrogens (tertiary/aromatic N) is 1. The van der Waals surface area contributed by atoms with Crippen molar-refractivity contribution in [3.63, 3.8) is 0 Å². The van der Waals surface area contributed by atoms with Crippen LogP contribution in [0.3, 0.4) is 0 Å². The maximum atomic E-state index is 13.3. The van der Waals surface area contributed by atoms with Crippen LogP contribution in [0.4, 0.5) is 10.1 Å². The van der Waals surface area contributed by atoms with Crippen molar-refractivity contribution < 1.29 is 4.39 Å². The summed E-state index contributed by atoms with van der Waals surface area (Å²) >= 11 is 1.45. The van der Waals surface area contributed by atoms with Gasteiger partial charge in [0.05, 0.1) is 21.4 Å². The molecule has 0 aliphatic heterocycles. The van der Waals surface area contributed by atoms with Gasteiger partial charge in [0.25, 0.3) is 0 Å². The van der Waals surface area contributed by atoms with Crippen LogP contribution < -0.4 is 5.23 Å². The van der Waals surface area contributed by atoms with Gasteiger partial charge in [0.15, 0.2) is 0 Å². The SMILES string of the molecule is CBNc1cc2ncsc2cc1F. The van der Waals surface area contributed by atoms with Crippen LogP contribution in [-0.4, -0.2) is 12.4 Å². The highest BCUT2D eigenvalue weighted by Crippen LogP contribution is 2.24. The third-order valence-electron chi connectivity index (χ3n) is 1.79. The standard InChI is InChI=1S/C8H8BFN2S/c1-9-12-6-3-7-8(2-5(6)10)13-4-11-7/h2-4,9,12H,1H3. The van der Waals surface area contributed by atoms with Gasteiger partial charge in [-0.15, -0.1) is 11.3 Å². The minimum absolute atomic E-state index is 0.210. The van der Waals surface area contributed by atoms with Gasteiger partial charge in [-0.1, -0.05) is 6.82 Å². The highest BCUT2D eigenvalue weighted by molar-refractivity contribution is 7.16. The number of rotatable bonds is 2. The molecule has 0 atom stereocenters. The third-order valence-corrected chi connectivity index (χ3v) is 2.58. The number of thiazole rings is 1. The lowest BCUT2D eigenvalue weighted by Gasteiger charge is -2.03. The number of benzene rings is 1. The molecule has 66 valence electrons. The molecule has 0 amide bonds. The average molecular weight is 194 g/mol. The molecule has 1 heterocycles. The molecule has 0 saturated carbocycles. The normalized spacial score (nSPS) is 10.3. The Labute approximate surface area is 80.1 Å². The monoisotopic (exact) mass is 194 g/mol. The van der Waals surface area contributed by atoms with Gasteiger partial charge in [0.1, 0.15) is 5.82 Å². The fourth-order valence-electron chi connectivity index (χ4n) is 1.20. The molecule has 13 heavy (non-hydrogen) atoms. The molecule has 2 rings (SSSR count). The summed E-state index contributed by atoms with van der Waals surface area (Å²) in [5, 5.41) is 2.95. The summed E-state index contributed by atoms with van der Waals surface area (Å²) in [6, 6.07) is 3.26. The van der Waals surface area contributed by atoms with Gasteiger partial charge in [0, 0.05) is 0 Å². The molecule has 1 N–H and O–H groups in total. The molecule has 0 fully saturated rings. The Balaban J connectivity index is 2.56. The second-order valence-corrected chi connectivity index (χ2v) is 3.57. The van der Waals surface area contributed by atoms with Gasteiger partial charge < -0.3 is 5.23 Å². The molecule has 0 bridgehead atoms. The van der Waals surface area contributed by atoms with E-state index < -0.39 is 0 Å². The van der Waals surface area contributed by atoms with Crippen molar-refractivity contribution in [2.24, 2.45) is 0 Å². The van der Waals surface area contributed by atoms with Crippen LogP contribution in [0.15, 0.2) is 17.6 Å². The summed E-state index contributed by atoms with van der Waals surface area (Å²) in [4.78, 5) is 4.11. The maximum absolute atomic E-state index is 13.3. The number of anilines is 1. The Kier molecular flexibility index (Phi) is 2.18. The van der Waals surface area contributed by atoms with Crippen molar-refractivity contribution in [2.75, 3.05) is 5.23 Å². The van der Waals surface area contributed by atoms with Gasteiger partial charge in [-0.2, -0.15) is 0 Å². The van der Waals surface area contributed by atoms with Crippen LogP contribution in [0.2, 0.25) is 6.82 Å². The molecule has 5 heteroatoms. The summed E-state index contributed by atoms with van der Waals surface area (Å²) in [7, 11) is 0.715. The average Bonchev–Trinajstić information content (AvgIpc) is 2.52. The quantitative estimate of drug-likeness (QED) is 0.741. The van der Waals surface area contributed by atoms with E-state index >= 15 is 0 Å². The van der Waals surface area contributed by atoms with Crippen molar-refractivity contribution in [3.8, 4) is 0 Å². The lowest BCUT2D eigenvalue weighted by molar-refractivity contribution is 0.634. The van der Waals surface area contributed by atoms with E-state index in [0.717, 1.165) is 10.2 Å². The summed E-state index contributed by atoms with van der Waals surface area (Å²) in [5.74, 6) is -0.210. The van der Waals surface area contributed by atoms with Gasteiger partial charge in [-0.3, -0.25) is 0 Å². The zero-order chi connectivity index (χ0) is 9.26. The molecule has 0 aliphatic rings. The Morgan fingerprint density at radius 3 is 3.15 bits per heavy atom. The van der Waals surface area contributed by atoms with Crippen molar-refractivity contribution in [3.05, 3.63) is 23.5 Å². The Morgan fingerprint density at radius 1 is 1.54 bits per heavy atom. The number of fused-ring (bicyclic) bond motifs is 1. The number of aromatic nitrogens is 1. The molecule has 0 radical (unpaired) electrons. The third kappa shape index (κ3) is 1.51. The van der Waals surface area contributed by atoms with Crippen LogP contribution >= 0.6 is 11.3 Å².